The van der Waals surface area contributed by atoms with E-state index in [9.17, 15) is 5.26 Å². The molecule has 110 valence electrons. The summed E-state index contributed by atoms with van der Waals surface area (Å²) in [6, 6.07) is 8.71. The number of nitrogens with one attached hydrogen (secondary N) is 1. The average Bonchev–Trinajstić information content (AvgIpc) is 3.12. The molecular formula is C16H20N4S. The molecule has 3 rings (SSSR count). The molecule has 0 bridgehead atoms. The van der Waals surface area contributed by atoms with Gasteiger partial charge < -0.3 is 14.5 Å². The van der Waals surface area contributed by atoms with Crippen molar-refractivity contribution in [3.8, 4) is 6.07 Å². The van der Waals surface area contributed by atoms with Gasteiger partial charge in [0.2, 0.25) is 0 Å². The Balaban J connectivity index is 1.82. The lowest BCUT2D eigenvalue weighted by atomic mass is 10.2. The molecule has 0 amide bonds. The highest BCUT2D eigenvalue weighted by atomic mass is 32.1. The molecule has 21 heavy (non-hydrogen) atoms. The van der Waals surface area contributed by atoms with Crippen molar-refractivity contribution in [3.63, 3.8) is 0 Å². The number of benzene rings is 1. The van der Waals surface area contributed by atoms with Gasteiger partial charge in [-0.05, 0) is 44.2 Å². The number of nitriles is 1. The van der Waals surface area contributed by atoms with Gasteiger partial charge >= 0.3 is 0 Å². The van der Waals surface area contributed by atoms with Crippen LogP contribution in [0, 0.1) is 16.1 Å². The first kappa shape index (κ1) is 14.3. The minimum absolute atomic E-state index is 0.654. The Morgan fingerprint density at radius 1 is 1.43 bits per heavy atom. The predicted octanol–water partition coefficient (Wildman–Crippen LogP) is 3.44. The number of rotatable bonds is 4. The van der Waals surface area contributed by atoms with E-state index >= 15 is 0 Å². The first-order valence-corrected chi connectivity index (χ1v) is 7.93. The molecule has 1 aromatic carbocycles. The van der Waals surface area contributed by atoms with Gasteiger partial charge in [0.15, 0.2) is 4.77 Å². The molecule has 0 aliphatic heterocycles. The molecule has 1 fully saturated rings. The molecule has 0 saturated heterocycles. The summed E-state index contributed by atoms with van der Waals surface area (Å²) in [6.45, 7) is 1.85. The lowest BCUT2D eigenvalue weighted by Gasteiger charge is -2.24. The van der Waals surface area contributed by atoms with Crippen LogP contribution in [0.3, 0.4) is 0 Å². The Hall–Kier alpha value is -1.64. The number of fused-ring (bicyclic) bond motifs is 1. The van der Waals surface area contributed by atoms with Crippen LogP contribution in [0.5, 0.6) is 0 Å². The number of H-pyrrole nitrogens is 1. The third-order valence-corrected chi connectivity index (χ3v) is 4.88. The summed E-state index contributed by atoms with van der Waals surface area (Å²) in [5.74, 6) is 0. The summed E-state index contributed by atoms with van der Waals surface area (Å²) < 4.78 is 2.81. The van der Waals surface area contributed by atoms with Crippen LogP contribution >= 0.6 is 12.2 Å². The largest absolute Gasteiger partial charge is 0.329 e. The van der Waals surface area contributed by atoms with E-state index in [0.717, 1.165) is 30.2 Å². The number of hydrogen-bond acceptors (Lipinski definition) is 3. The molecule has 0 spiro atoms. The van der Waals surface area contributed by atoms with E-state index in [4.69, 9.17) is 12.2 Å². The molecule has 0 atom stereocenters. The van der Waals surface area contributed by atoms with Gasteiger partial charge in [0.05, 0.1) is 16.6 Å². The number of aromatic nitrogens is 2. The molecule has 1 N–H and O–H groups in total. The van der Waals surface area contributed by atoms with Gasteiger partial charge in [-0.15, -0.1) is 0 Å². The maximum atomic E-state index is 9.18. The molecule has 1 heterocycles. The van der Waals surface area contributed by atoms with Crippen molar-refractivity contribution in [2.75, 3.05) is 13.6 Å². The van der Waals surface area contributed by atoms with Gasteiger partial charge in [0.1, 0.15) is 6.07 Å². The van der Waals surface area contributed by atoms with E-state index in [1.807, 2.05) is 18.2 Å². The van der Waals surface area contributed by atoms with E-state index in [-0.39, 0.29) is 0 Å². The Bertz CT molecular complexity index is 731. The van der Waals surface area contributed by atoms with Gasteiger partial charge in [-0.3, -0.25) is 0 Å². The summed E-state index contributed by atoms with van der Waals surface area (Å²) in [4.78, 5) is 5.62. The van der Waals surface area contributed by atoms with Crippen LogP contribution < -0.4 is 0 Å². The van der Waals surface area contributed by atoms with E-state index in [1.54, 1.807) is 0 Å². The third kappa shape index (κ3) is 2.74. The van der Waals surface area contributed by atoms with Gasteiger partial charge in [0, 0.05) is 19.1 Å². The fourth-order valence-electron chi connectivity index (χ4n) is 3.28. The zero-order valence-electron chi connectivity index (χ0n) is 12.3. The highest BCUT2D eigenvalue weighted by Gasteiger charge is 2.19. The van der Waals surface area contributed by atoms with Crippen LogP contribution in [0.15, 0.2) is 18.2 Å². The smallest absolute Gasteiger partial charge is 0.178 e. The van der Waals surface area contributed by atoms with Crippen molar-refractivity contribution in [1.82, 2.24) is 14.5 Å². The number of nitrogens with zero attached hydrogens (tertiary/aromatic N) is 3. The first-order valence-electron chi connectivity index (χ1n) is 7.52. The highest BCUT2D eigenvalue weighted by molar-refractivity contribution is 7.71. The Kier molecular flexibility index (Phi) is 4.09. The molecule has 1 aliphatic carbocycles. The van der Waals surface area contributed by atoms with Crippen LogP contribution in [-0.2, 0) is 6.54 Å². The zero-order valence-corrected chi connectivity index (χ0v) is 13.1. The highest BCUT2D eigenvalue weighted by Crippen LogP contribution is 2.23. The van der Waals surface area contributed by atoms with Crippen molar-refractivity contribution in [2.45, 2.75) is 38.3 Å². The second-order valence-electron chi connectivity index (χ2n) is 5.81. The van der Waals surface area contributed by atoms with Crippen molar-refractivity contribution in [1.29, 1.82) is 5.26 Å². The van der Waals surface area contributed by atoms with Crippen molar-refractivity contribution < 1.29 is 0 Å². The number of imidazole rings is 1. The fourth-order valence-corrected chi connectivity index (χ4v) is 3.57. The average molecular weight is 300 g/mol. The summed E-state index contributed by atoms with van der Waals surface area (Å²) in [5, 5.41) is 9.18. The first-order chi connectivity index (χ1) is 10.2. The van der Waals surface area contributed by atoms with E-state index in [2.05, 4.69) is 27.6 Å². The second kappa shape index (κ2) is 6.00. The van der Waals surface area contributed by atoms with Gasteiger partial charge in [-0.2, -0.15) is 5.26 Å². The minimum Gasteiger partial charge on any atom is -0.329 e. The maximum Gasteiger partial charge on any atom is 0.178 e. The fraction of sp³-hybridized carbons (Fsp3) is 0.500. The SMILES string of the molecule is CN(CCn1c(=S)[nH]c2c(C#N)cccc21)C1CCCC1. The molecule has 2 aromatic rings. The topological polar surface area (TPSA) is 47.8 Å². The summed E-state index contributed by atoms with van der Waals surface area (Å²) in [7, 11) is 2.20. The Labute approximate surface area is 130 Å². The summed E-state index contributed by atoms with van der Waals surface area (Å²) in [6.07, 6.45) is 5.34. The number of para-hydroxylation sites is 1. The number of likely N-dealkylation sites (N-methyl/N-ethyl adjacent to an activating group) is 1. The van der Waals surface area contributed by atoms with Gasteiger partial charge in [-0.25, -0.2) is 0 Å². The predicted molar refractivity (Wildman–Crippen MR) is 86.7 cm³/mol. The molecule has 4 nitrogen and oxygen atoms in total. The van der Waals surface area contributed by atoms with Crippen molar-refractivity contribution >= 4 is 23.3 Å². The maximum absolute atomic E-state index is 9.18. The molecule has 1 saturated carbocycles. The number of hydrogen-bond donors (Lipinski definition) is 1. The van der Waals surface area contributed by atoms with Crippen LogP contribution in [0.2, 0.25) is 0 Å². The lowest BCUT2D eigenvalue weighted by Crippen LogP contribution is -2.32. The van der Waals surface area contributed by atoms with Crippen molar-refractivity contribution in [2.24, 2.45) is 0 Å². The third-order valence-electron chi connectivity index (χ3n) is 4.56. The van der Waals surface area contributed by atoms with Crippen LogP contribution in [0.1, 0.15) is 31.2 Å². The van der Waals surface area contributed by atoms with E-state index < -0.39 is 0 Å². The quantitative estimate of drug-likeness (QED) is 0.880. The molecule has 0 radical (unpaired) electrons. The molecule has 0 unspecified atom stereocenters. The van der Waals surface area contributed by atoms with Gasteiger partial charge in [-0.1, -0.05) is 18.9 Å². The van der Waals surface area contributed by atoms with Crippen molar-refractivity contribution in [3.05, 3.63) is 28.5 Å². The Morgan fingerprint density at radius 2 is 2.19 bits per heavy atom. The molecule has 1 aromatic heterocycles. The zero-order chi connectivity index (χ0) is 14.8. The van der Waals surface area contributed by atoms with Crippen LogP contribution in [0.4, 0.5) is 0 Å². The van der Waals surface area contributed by atoms with Crippen LogP contribution in [0.25, 0.3) is 11.0 Å². The minimum atomic E-state index is 0.654. The molecule has 5 heteroatoms. The lowest BCUT2D eigenvalue weighted by molar-refractivity contribution is 0.237. The van der Waals surface area contributed by atoms with E-state index in [1.165, 1.54) is 25.7 Å². The van der Waals surface area contributed by atoms with Crippen LogP contribution in [-0.4, -0.2) is 34.1 Å². The normalized spacial score (nSPS) is 15.9. The van der Waals surface area contributed by atoms with E-state index in [0.29, 0.717) is 10.3 Å². The summed E-state index contributed by atoms with van der Waals surface area (Å²) >= 11 is 5.43. The summed E-state index contributed by atoms with van der Waals surface area (Å²) in [5.41, 5.74) is 2.54. The standard InChI is InChI=1S/C16H20N4S/c1-19(13-6-2-3-7-13)9-10-20-14-8-4-5-12(11-17)15(14)18-16(20)21/h4-5,8,13H,2-3,6-7,9-10H2,1H3,(H,18,21). The molecular weight excluding hydrogens is 280 g/mol. The van der Waals surface area contributed by atoms with Gasteiger partial charge in [0.25, 0.3) is 0 Å². The monoisotopic (exact) mass is 300 g/mol. The second-order valence-corrected chi connectivity index (χ2v) is 6.20. The number of aromatic amines is 1. The Morgan fingerprint density at radius 3 is 2.90 bits per heavy atom. The molecule has 1 aliphatic rings.